The Morgan fingerprint density at radius 3 is 2.65 bits per heavy atom. The van der Waals surface area contributed by atoms with Gasteiger partial charge in [0.05, 0.1) is 4.92 Å². The number of thiophene rings is 1. The summed E-state index contributed by atoms with van der Waals surface area (Å²) in [5, 5.41) is 10.7. The molecule has 1 N–H and O–H groups in total. The lowest BCUT2D eigenvalue weighted by Crippen LogP contribution is -2.42. The van der Waals surface area contributed by atoms with Crippen molar-refractivity contribution in [1.29, 1.82) is 0 Å². The molecule has 1 fully saturated rings. The van der Waals surface area contributed by atoms with Crippen LogP contribution in [-0.2, 0) is 10.0 Å². The summed E-state index contributed by atoms with van der Waals surface area (Å²) in [5.74, 6) is 0. The van der Waals surface area contributed by atoms with Crippen LogP contribution in [0.2, 0.25) is 4.34 Å². The summed E-state index contributed by atoms with van der Waals surface area (Å²) >= 11 is 9.86. The first-order valence-electron chi connectivity index (χ1n) is 5.91. The summed E-state index contributed by atoms with van der Waals surface area (Å²) in [7, 11) is -3.78. The Morgan fingerprint density at radius 2 is 2.10 bits per heavy atom. The fourth-order valence-corrected chi connectivity index (χ4v) is 5.96. The Hall–Kier alpha value is -0.220. The quantitative estimate of drug-likeness (QED) is 0.474. The molecule has 1 aliphatic carbocycles. The second-order valence-corrected chi connectivity index (χ2v) is 9.28. The fraction of sp³-hybridized carbons (Fsp3) is 0.600. The number of hydrogen-bond donors (Lipinski definition) is 1. The van der Waals surface area contributed by atoms with E-state index < -0.39 is 14.9 Å². The van der Waals surface area contributed by atoms with Crippen molar-refractivity contribution in [3.8, 4) is 0 Å². The molecule has 10 heteroatoms. The molecule has 20 heavy (non-hydrogen) atoms. The van der Waals surface area contributed by atoms with E-state index in [1.807, 2.05) is 0 Å². The number of nitro groups is 1. The van der Waals surface area contributed by atoms with Gasteiger partial charge in [-0.15, -0.1) is 11.3 Å². The van der Waals surface area contributed by atoms with Crippen LogP contribution in [-0.4, -0.2) is 24.2 Å². The molecular weight excluding hydrogens is 392 g/mol. The minimum absolute atomic E-state index is 0.0800. The van der Waals surface area contributed by atoms with Crippen LogP contribution in [0.5, 0.6) is 0 Å². The molecule has 2 atom stereocenters. The molecule has 0 bridgehead atoms. The third-order valence-electron chi connectivity index (χ3n) is 3.10. The predicted molar refractivity (Wildman–Crippen MR) is 81.3 cm³/mol. The number of nitrogens with zero attached hydrogens (tertiary/aromatic N) is 1. The van der Waals surface area contributed by atoms with Crippen molar-refractivity contribution < 1.29 is 13.3 Å². The Labute approximate surface area is 133 Å². The van der Waals surface area contributed by atoms with Gasteiger partial charge in [-0.25, -0.2) is 13.1 Å². The summed E-state index contributed by atoms with van der Waals surface area (Å²) in [6, 6.07) is 0.801. The average Bonchev–Trinajstić information content (AvgIpc) is 2.75. The van der Waals surface area contributed by atoms with Gasteiger partial charge in [0.1, 0.15) is 4.21 Å². The summed E-state index contributed by atoms with van der Waals surface area (Å²) < 4.78 is 26.8. The highest BCUT2D eigenvalue weighted by atomic mass is 79.9. The first kappa shape index (κ1) is 16.2. The van der Waals surface area contributed by atoms with E-state index in [1.165, 1.54) is 0 Å². The van der Waals surface area contributed by atoms with E-state index in [0.717, 1.165) is 31.7 Å². The van der Waals surface area contributed by atoms with E-state index in [1.54, 1.807) is 0 Å². The highest BCUT2D eigenvalue weighted by molar-refractivity contribution is 9.09. The van der Waals surface area contributed by atoms with Crippen molar-refractivity contribution in [3.05, 3.63) is 20.5 Å². The van der Waals surface area contributed by atoms with Crippen LogP contribution in [0.25, 0.3) is 0 Å². The van der Waals surface area contributed by atoms with Gasteiger partial charge in [0.25, 0.3) is 15.7 Å². The lowest BCUT2D eigenvalue weighted by Gasteiger charge is -2.27. The summed E-state index contributed by atoms with van der Waals surface area (Å²) in [6.45, 7) is 0. The van der Waals surface area contributed by atoms with E-state index in [9.17, 15) is 18.5 Å². The molecule has 0 spiro atoms. The lowest BCUT2D eigenvalue weighted by atomic mass is 9.96. The summed E-state index contributed by atoms with van der Waals surface area (Å²) in [4.78, 5) is 10.1. The molecule has 1 aromatic rings. The van der Waals surface area contributed by atoms with Crippen LogP contribution in [0, 0.1) is 10.1 Å². The Bertz CT molecular complexity index is 619. The molecule has 1 saturated carbocycles. The summed E-state index contributed by atoms with van der Waals surface area (Å²) in [5.41, 5.74) is -0.379. The highest BCUT2D eigenvalue weighted by Crippen LogP contribution is 2.36. The number of alkyl halides is 1. The maximum atomic E-state index is 12.2. The third-order valence-corrected chi connectivity index (χ3v) is 7.49. The van der Waals surface area contributed by atoms with Crippen molar-refractivity contribution in [2.75, 3.05) is 0 Å². The lowest BCUT2D eigenvalue weighted by molar-refractivity contribution is -0.384. The molecule has 1 heterocycles. The van der Waals surface area contributed by atoms with E-state index in [-0.39, 0.29) is 25.1 Å². The number of nitrogens with one attached hydrogen (secondary N) is 1. The normalized spacial score (nSPS) is 23.7. The predicted octanol–water partition coefficient (Wildman–Crippen LogP) is 3.29. The van der Waals surface area contributed by atoms with Crippen molar-refractivity contribution in [1.82, 2.24) is 4.72 Å². The molecule has 0 amide bonds. The minimum Gasteiger partial charge on any atom is -0.258 e. The van der Waals surface area contributed by atoms with Gasteiger partial charge in [-0.3, -0.25) is 10.1 Å². The minimum atomic E-state index is -3.78. The van der Waals surface area contributed by atoms with Gasteiger partial charge in [-0.05, 0) is 12.8 Å². The van der Waals surface area contributed by atoms with Crippen molar-refractivity contribution >= 4 is 54.6 Å². The molecule has 0 aromatic carbocycles. The molecule has 112 valence electrons. The first-order chi connectivity index (χ1) is 9.31. The maximum Gasteiger partial charge on any atom is 0.300 e. The number of halogens is 2. The van der Waals surface area contributed by atoms with Crippen LogP contribution >= 0.6 is 38.9 Å². The zero-order chi connectivity index (χ0) is 14.9. The van der Waals surface area contributed by atoms with Gasteiger partial charge in [-0.1, -0.05) is 40.4 Å². The van der Waals surface area contributed by atoms with Crippen LogP contribution in [0.15, 0.2) is 10.3 Å². The van der Waals surface area contributed by atoms with Crippen LogP contribution in [0.4, 0.5) is 5.69 Å². The first-order valence-corrected chi connectivity index (χ1v) is 9.50. The molecule has 2 rings (SSSR count). The van der Waals surface area contributed by atoms with Gasteiger partial charge in [-0.2, -0.15) is 0 Å². The third kappa shape index (κ3) is 3.51. The zero-order valence-electron chi connectivity index (χ0n) is 10.2. The Balaban J connectivity index is 2.22. The molecule has 0 aliphatic heterocycles. The number of rotatable bonds is 4. The maximum absolute atomic E-state index is 12.2. The van der Waals surface area contributed by atoms with E-state index >= 15 is 0 Å². The Kier molecular flexibility index (Phi) is 5.06. The molecule has 1 aromatic heterocycles. The van der Waals surface area contributed by atoms with Crippen LogP contribution in [0.1, 0.15) is 25.7 Å². The molecule has 6 nitrogen and oxygen atoms in total. The number of sulfonamides is 1. The van der Waals surface area contributed by atoms with E-state index in [0.29, 0.717) is 11.3 Å². The van der Waals surface area contributed by atoms with Crippen molar-refractivity contribution in [2.24, 2.45) is 0 Å². The van der Waals surface area contributed by atoms with Gasteiger partial charge < -0.3 is 0 Å². The monoisotopic (exact) mass is 402 g/mol. The molecule has 0 saturated heterocycles. The smallest absolute Gasteiger partial charge is 0.258 e. The second-order valence-electron chi connectivity index (χ2n) is 4.51. The topological polar surface area (TPSA) is 89.3 Å². The van der Waals surface area contributed by atoms with Crippen molar-refractivity contribution in [3.63, 3.8) is 0 Å². The molecule has 0 radical (unpaired) electrons. The average molecular weight is 404 g/mol. The zero-order valence-corrected chi connectivity index (χ0v) is 14.2. The largest absolute Gasteiger partial charge is 0.300 e. The number of hydrogen-bond acceptors (Lipinski definition) is 5. The van der Waals surface area contributed by atoms with Crippen molar-refractivity contribution in [2.45, 2.75) is 40.8 Å². The van der Waals surface area contributed by atoms with Gasteiger partial charge in [0, 0.05) is 16.9 Å². The SMILES string of the molecule is O=[N+]([O-])c1cc(S(=O)(=O)NC2CCCCC2Br)sc1Cl. The van der Waals surface area contributed by atoms with Crippen LogP contribution < -0.4 is 4.72 Å². The van der Waals surface area contributed by atoms with E-state index in [4.69, 9.17) is 11.6 Å². The Morgan fingerprint density at radius 1 is 1.45 bits per heavy atom. The highest BCUT2D eigenvalue weighted by Gasteiger charge is 2.31. The summed E-state index contributed by atoms with van der Waals surface area (Å²) in [6.07, 6.45) is 3.67. The van der Waals surface area contributed by atoms with Gasteiger partial charge >= 0.3 is 0 Å². The fourth-order valence-electron chi connectivity index (χ4n) is 2.07. The van der Waals surface area contributed by atoms with Crippen LogP contribution in [0.3, 0.4) is 0 Å². The molecule has 2 unspecified atom stereocenters. The second kappa shape index (κ2) is 6.27. The molecule has 1 aliphatic rings. The van der Waals surface area contributed by atoms with Gasteiger partial charge in [0.2, 0.25) is 0 Å². The van der Waals surface area contributed by atoms with E-state index in [2.05, 4.69) is 20.7 Å². The van der Waals surface area contributed by atoms with Gasteiger partial charge in [0.15, 0.2) is 4.34 Å². The molecular formula is C10H12BrClN2O4S2. The standard InChI is InChI=1S/C10H12BrClN2O4S2/c11-6-3-1-2-4-7(6)13-20(17,18)9-5-8(14(15)16)10(12)19-9/h5-7,13H,1-4H2.